The third-order valence-corrected chi connectivity index (χ3v) is 3.16. The van der Waals surface area contributed by atoms with E-state index in [1.165, 1.54) is 0 Å². The van der Waals surface area contributed by atoms with Gasteiger partial charge in [-0.2, -0.15) is 0 Å². The van der Waals surface area contributed by atoms with Crippen molar-refractivity contribution in [1.29, 1.82) is 0 Å². The molecule has 2 rings (SSSR count). The first-order valence-electron chi connectivity index (χ1n) is 6.54. The van der Waals surface area contributed by atoms with Crippen LogP contribution in [0.3, 0.4) is 0 Å². The topological polar surface area (TPSA) is 168 Å². The first-order chi connectivity index (χ1) is 11.7. The maximum atomic E-state index is 11.6. The van der Waals surface area contributed by atoms with Crippen LogP contribution in [0.5, 0.6) is 0 Å². The molecule has 0 fully saturated rings. The lowest BCUT2D eigenvalue weighted by Gasteiger charge is -2.06. The molecule has 1 heterocycles. The van der Waals surface area contributed by atoms with Gasteiger partial charge in [-0.1, -0.05) is 0 Å². The van der Waals surface area contributed by atoms with E-state index < -0.39 is 44.5 Å². The monoisotopic (exact) mass is 350 g/mol. The third kappa shape index (κ3) is 3.57. The molecule has 0 atom stereocenters. The normalized spacial score (nSPS) is 10.3. The summed E-state index contributed by atoms with van der Waals surface area (Å²) >= 11 is 0. The number of benzene rings is 1. The maximum absolute atomic E-state index is 11.6. The minimum absolute atomic E-state index is 0.0946. The minimum atomic E-state index is -1.47. The number of aromatic carboxylic acids is 1. The van der Waals surface area contributed by atoms with E-state index in [1.807, 2.05) is 0 Å². The van der Waals surface area contributed by atoms with Gasteiger partial charge < -0.3 is 14.4 Å². The highest BCUT2D eigenvalue weighted by molar-refractivity contribution is 5.99. The number of rotatable bonds is 6. The Kier molecular flexibility index (Phi) is 4.72. The van der Waals surface area contributed by atoms with Gasteiger partial charge in [-0.15, -0.1) is 0 Å². The van der Waals surface area contributed by atoms with Gasteiger partial charge in [0.15, 0.2) is 11.4 Å². The molecule has 0 aliphatic carbocycles. The molecule has 130 valence electrons. The molecular weight excluding hydrogens is 340 g/mol. The number of nitrogens with zero attached hydrogens (tertiary/aromatic N) is 4. The van der Waals surface area contributed by atoms with Gasteiger partial charge >= 0.3 is 11.9 Å². The Bertz CT molecular complexity index is 856. The number of hydrogen-bond acceptors (Lipinski definition) is 8. The van der Waals surface area contributed by atoms with Crippen LogP contribution in [-0.4, -0.2) is 43.6 Å². The second-order valence-corrected chi connectivity index (χ2v) is 4.74. The average Bonchev–Trinajstić information content (AvgIpc) is 2.97. The number of methoxy groups -OCH3 is 1. The van der Waals surface area contributed by atoms with E-state index in [2.05, 4.69) is 9.72 Å². The summed E-state index contributed by atoms with van der Waals surface area (Å²) in [5, 5.41) is 31.1. The number of non-ortho nitro benzene ring substituents is 2. The lowest BCUT2D eigenvalue weighted by Crippen LogP contribution is -2.14. The fourth-order valence-electron chi connectivity index (χ4n) is 2.13. The number of nitro groups is 2. The van der Waals surface area contributed by atoms with Crippen molar-refractivity contribution in [1.82, 2.24) is 9.55 Å². The number of carboxylic acids is 1. The molecule has 0 saturated carbocycles. The van der Waals surface area contributed by atoms with Crippen LogP contribution in [0.4, 0.5) is 11.4 Å². The number of carbonyl (C=O) groups excluding carboxylic acids is 1. The van der Waals surface area contributed by atoms with Crippen molar-refractivity contribution in [2.24, 2.45) is 0 Å². The smallest absolute Gasteiger partial charge is 0.359 e. The van der Waals surface area contributed by atoms with Crippen molar-refractivity contribution in [2.75, 3.05) is 7.11 Å². The van der Waals surface area contributed by atoms with Crippen molar-refractivity contribution in [2.45, 2.75) is 6.54 Å². The van der Waals surface area contributed by atoms with Crippen molar-refractivity contribution in [3.8, 4) is 0 Å². The molecule has 0 unspecified atom stereocenters. The van der Waals surface area contributed by atoms with Crippen LogP contribution in [0.25, 0.3) is 0 Å². The summed E-state index contributed by atoms with van der Waals surface area (Å²) in [6.45, 7) is -0.284. The van der Waals surface area contributed by atoms with E-state index in [4.69, 9.17) is 0 Å². The summed E-state index contributed by atoms with van der Waals surface area (Å²) in [6.07, 6.45) is 1.03. The Morgan fingerprint density at radius 1 is 1.20 bits per heavy atom. The molecule has 0 radical (unpaired) electrons. The van der Waals surface area contributed by atoms with E-state index in [0.29, 0.717) is 0 Å². The van der Waals surface area contributed by atoms with E-state index in [-0.39, 0.29) is 12.1 Å². The van der Waals surface area contributed by atoms with Gasteiger partial charge in [0.25, 0.3) is 11.4 Å². The first-order valence-corrected chi connectivity index (χ1v) is 6.54. The van der Waals surface area contributed by atoms with Gasteiger partial charge in [0, 0.05) is 18.7 Å². The van der Waals surface area contributed by atoms with Crippen LogP contribution in [0.15, 0.2) is 24.5 Å². The molecule has 0 saturated heterocycles. The number of aromatic nitrogens is 2. The number of nitro benzene ring substituents is 2. The molecule has 0 amide bonds. The van der Waals surface area contributed by atoms with E-state index in [0.717, 1.165) is 36.2 Å². The Hall–Kier alpha value is -3.83. The minimum Gasteiger partial charge on any atom is -0.476 e. The summed E-state index contributed by atoms with van der Waals surface area (Å²) in [4.78, 5) is 46.8. The molecule has 25 heavy (non-hydrogen) atoms. The van der Waals surface area contributed by atoms with Gasteiger partial charge in [0.2, 0.25) is 0 Å². The van der Waals surface area contributed by atoms with Gasteiger partial charge in [-0.05, 0) is 5.56 Å². The predicted octanol–water partition coefficient (Wildman–Crippen LogP) is 1.23. The Labute approximate surface area is 138 Å². The van der Waals surface area contributed by atoms with Crippen LogP contribution >= 0.6 is 0 Å². The molecule has 0 aliphatic rings. The first kappa shape index (κ1) is 17.5. The molecule has 12 heteroatoms. The molecule has 1 aromatic heterocycles. The standard InChI is InChI=1S/C13H10N4O8/c1-25-13(20)10-11(12(18)19)15(6-14-10)5-7-2-8(16(21)22)4-9(3-7)17(23)24/h2-4,6H,5H2,1H3,(H,18,19). The molecule has 12 nitrogen and oxygen atoms in total. The van der Waals surface area contributed by atoms with Crippen molar-refractivity contribution in [3.63, 3.8) is 0 Å². The highest BCUT2D eigenvalue weighted by atomic mass is 16.6. The lowest BCUT2D eigenvalue weighted by atomic mass is 10.1. The summed E-state index contributed by atoms with van der Waals surface area (Å²) in [6, 6.07) is 2.92. The highest BCUT2D eigenvalue weighted by Gasteiger charge is 2.25. The average molecular weight is 350 g/mol. The van der Waals surface area contributed by atoms with E-state index in [9.17, 15) is 34.9 Å². The zero-order valence-electron chi connectivity index (χ0n) is 12.6. The van der Waals surface area contributed by atoms with Crippen LogP contribution in [0, 0.1) is 20.2 Å². The molecule has 0 spiro atoms. The third-order valence-electron chi connectivity index (χ3n) is 3.16. The fourth-order valence-corrected chi connectivity index (χ4v) is 2.13. The summed E-state index contributed by atoms with van der Waals surface area (Å²) in [5.74, 6) is -2.45. The molecule has 0 aliphatic heterocycles. The predicted molar refractivity (Wildman–Crippen MR) is 79.4 cm³/mol. The quantitative estimate of drug-likeness (QED) is 0.457. The number of carboxylic acid groups (broad SMARTS) is 1. The van der Waals surface area contributed by atoms with Crippen LogP contribution in [-0.2, 0) is 11.3 Å². The summed E-state index contributed by atoms with van der Waals surface area (Å²) in [5.41, 5.74) is -1.89. The largest absolute Gasteiger partial charge is 0.476 e. The molecule has 0 bridgehead atoms. The van der Waals surface area contributed by atoms with Crippen LogP contribution in [0.2, 0.25) is 0 Å². The number of carbonyl (C=O) groups is 2. The van der Waals surface area contributed by atoms with Gasteiger partial charge in [-0.25, -0.2) is 14.6 Å². The van der Waals surface area contributed by atoms with Crippen molar-refractivity contribution >= 4 is 23.3 Å². The number of ether oxygens (including phenoxy) is 1. The van der Waals surface area contributed by atoms with E-state index in [1.54, 1.807) is 0 Å². The number of hydrogen-bond donors (Lipinski definition) is 1. The van der Waals surface area contributed by atoms with Crippen molar-refractivity contribution < 1.29 is 29.3 Å². The van der Waals surface area contributed by atoms with Gasteiger partial charge in [0.1, 0.15) is 0 Å². The van der Waals surface area contributed by atoms with Crippen molar-refractivity contribution in [3.05, 3.63) is 61.7 Å². The number of esters is 1. The molecule has 1 N–H and O–H groups in total. The summed E-state index contributed by atoms with van der Waals surface area (Å²) in [7, 11) is 1.05. The lowest BCUT2D eigenvalue weighted by molar-refractivity contribution is -0.394. The molecule has 1 aromatic carbocycles. The van der Waals surface area contributed by atoms with Crippen LogP contribution < -0.4 is 0 Å². The Balaban J connectivity index is 2.51. The SMILES string of the molecule is COC(=O)c1ncn(Cc2cc([N+](=O)[O-])cc([N+](=O)[O-])c2)c1C(=O)O. The fraction of sp³-hybridized carbons (Fsp3) is 0.154. The van der Waals surface area contributed by atoms with Gasteiger partial charge in [0.05, 0.1) is 29.4 Å². The number of imidazole rings is 1. The highest BCUT2D eigenvalue weighted by Crippen LogP contribution is 2.24. The maximum Gasteiger partial charge on any atom is 0.359 e. The zero-order valence-corrected chi connectivity index (χ0v) is 12.6. The second kappa shape index (κ2) is 6.74. The Morgan fingerprint density at radius 3 is 2.20 bits per heavy atom. The van der Waals surface area contributed by atoms with E-state index >= 15 is 0 Å². The summed E-state index contributed by atoms with van der Waals surface area (Å²) < 4.78 is 5.46. The Morgan fingerprint density at radius 2 is 1.76 bits per heavy atom. The zero-order chi connectivity index (χ0) is 18.7. The molecule has 2 aromatic rings. The van der Waals surface area contributed by atoms with Gasteiger partial charge in [-0.3, -0.25) is 20.2 Å². The van der Waals surface area contributed by atoms with Crippen LogP contribution in [0.1, 0.15) is 26.5 Å². The second-order valence-electron chi connectivity index (χ2n) is 4.74. The molecular formula is C13H10N4O8.